The minimum absolute atomic E-state index is 0.448. The van der Waals surface area contributed by atoms with E-state index in [0.29, 0.717) is 5.75 Å². The second-order valence-electron chi connectivity index (χ2n) is 2.99. The number of nitrogens with zero attached hydrogens (tertiary/aromatic N) is 1. The third-order valence-corrected chi connectivity index (χ3v) is 1.81. The van der Waals surface area contributed by atoms with E-state index in [1.807, 2.05) is 12.1 Å². The van der Waals surface area contributed by atoms with Crippen molar-refractivity contribution in [3.05, 3.63) is 60.9 Å². The summed E-state index contributed by atoms with van der Waals surface area (Å²) in [7, 11) is 0. The zero-order valence-corrected chi connectivity index (χ0v) is 8.45. The predicted molar refractivity (Wildman–Crippen MR) is 55.7 cm³/mol. The van der Waals surface area contributed by atoms with Gasteiger partial charge in [0.05, 0.1) is 0 Å². The summed E-state index contributed by atoms with van der Waals surface area (Å²) in [6.45, 7) is 0. The molecule has 1 aromatic heterocycles. The molecular formula is C12H10NO3+. The highest BCUT2D eigenvalue weighted by molar-refractivity contribution is 5.63. The number of ether oxygens (including phenoxy) is 1. The lowest BCUT2D eigenvalue weighted by Gasteiger charge is -1.99. The first-order valence-corrected chi connectivity index (χ1v) is 4.76. The lowest BCUT2D eigenvalue weighted by Crippen LogP contribution is -2.46. The van der Waals surface area contributed by atoms with Crippen LogP contribution in [0.5, 0.6) is 5.75 Å². The van der Waals surface area contributed by atoms with E-state index < -0.39 is 6.16 Å². The van der Waals surface area contributed by atoms with E-state index in [-0.39, 0.29) is 0 Å². The molecular weight excluding hydrogens is 206 g/mol. The van der Waals surface area contributed by atoms with Gasteiger partial charge in [-0.15, -0.1) is 4.84 Å². The average molecular weight is 216 g/mol. The summed E-state index contributed by atoms with van der Waals surface area (Å²) in [5, 5.41) is 0. The monoisotopic (exact) mass is 216 g/mol. The minimum atomic E-state index is -0.776. The first-order valence-electron chi connectivity index (χ1n) is 4.76. The van der Waals surface area contributed by atoms with E-state index in [9.17, 15) is 4.79 Å². The summed E-state index contributed by atoms with van der Waals surface area (Å²) in [5.74, 6) is 0.448. The molecule has 0 bridgehead atoms. The van der Waals surface area contributed by atoms with Crippen LogP contribution in [0, 0.1) is 0 Å². The fraction of sp³-hybridized carbons (Fsp3) is 0. The molecule has 4 nitrogen and oxygen atoms in total. The molecule has 0 N–H and O–H groups in total. The Bertz CT molecular complexity index is 413. The van der Waals surface area contributed by atoms with Gasteiger partial charge in [-0.3, -0.25) is 0 Å². The quantitative estimate of drug-likeness (QED) is 0.435. The molecule has 0 saturated heterocycles. The molecule has 0 unspecified atom stereocenters. The number of hydrogen-bond acceptors (Lipinski definition) is 3. The lowest BCUT2D eigenvalue weighted by atomic mass is 10.3. The largest absolute Gasteiger partial charge is 0.577 e. The highest BCUT2D eigenvalue weighted by Gasteiger charge is 2.12. The zero-order chi connectivity index (χ0) is 11.2. The van der Waals surface area contributed by atoms with Crippen molar-refractivity contribution in [2.45, 2.75) is 0 Å². The molecule has 0 radical (unpaired) electrons. The molecule has 16 heavy (non-hydrogen) atoms. The van der Waals surface area contributed by atoms with Crippen LogP contribution < -0.4 is 14.3 Å². The van der Waals surface area contributed by atoms with Gasteiger partial charge in [0, 0.05) is 16.9 Å². The molecule has 4 heteroatoms. The van der Waals surface area contributed by atoms with E-state index in [4.69, 9.17) is 9.57 Å². The normalized spacial score (nSPS) is 9.50. The van der Waals surface area contributed by atoms with Crippen molar-refractivity contribution in [1.29, 1.82) is 0 Å². The number of rotatable bonds is 2. The number of carbonyl (C=O) groups is 1. The molecule has 0 aliphatic carbocycles. The molecule has 1 aromatic carbocycles. The smallest absolute Gasteiger partial charge is 0.391 e. The fourth-order valence-electron chi connectivity index (χ4n) is 1.13. The summed E-state index contributed by atoms with van der Waals surface area (Å²) in [6, 6.07) is 14.1. The summed E-state index contributed by atoms with van der Waals surface area (Å²) < 4.78 is 6.21. The van der Waals surface area contributed by atoms with Gasteiger partial charge in [0.1, 0.15) is 5.75 Å². The third-order valence-electron chi connectivity index (χ3n) is 1.81. The van der Waals surface area contributed by atoms with Gasteiger partial charge in [-0.05, 0) is 12.1 Å². The Kier molecular flexibility index (Phi) is 3.13. The van der Waals surface area contributed by atoms with Gasteiger partial charge in [0.15, 0.2) is 0 Å². The molecule has 2 aromatic rings. The SMILES string of the molecule is O=C(Oc1ccccc1)O[n+]1ccccc1. The summed E-state index contributed by atoms with van der Waals surface area (Å²) in [4.78, 5) is 16.2. The number of hydrogen-bond donors (Lipinski definition) is 0. The van der Waals surface area contributed by atoms with Crippen LogP contribution in [0.25, 0.3) is 0 Å². The Balaban J connectivity index is 1.95. The molecule has 0 fully saturated rings. The van der Waals surface area contributed by atoms with Crippen LogP contribution in [-0.4, -0.2) is 6.16 Å². The van der Waals surface area contributed by atoms with Crippen LogP contribution in [0.4, 0.5) is 4.79 Å². The van der Waals surface area contributed by atoms with Crippen molar-refractivity contribution in [1.82, 2.24) is 0 Å². The van der Waals surface area contributed by atoms with E-state index in [1.165, 1.54) is 4.73 Å². The zero-order valence-electron chi connectivity index (χ0n) is 8.45. The van der Waals surface area contributed by atoms with Crippen molar-refractivity contribution >= 4 is 6.16 Å². The molecule has 0 aliphatic rings. The van der Waals surface area contributed by atoms with Crippen molar-refractivity contribution in [3.63, 3.8) is 0 Å². The van der Waals surface area contributed by atoms with Crippen molar-refractivity contribution in [2.24, 2.45) is 0 Å². The maximum Gasteiger partial charge on any atom is 0.577 e. The molecule has 0 saturated carbocycles. The average Bonchev–Trinajstić information content (AvgIpc) is 2.31. The van der Waals surface area contributed by atoms with Crippen molar-refractivity contribution < 1.29 is 19.1 Å². The molecule has 1 heterocycles. The van der Waals surface area contributed by atoms with Gasteiger partial charge < -0.3 is 4.74 Å². The minimum Gasteiger partial charge on any atom is -0.391 e. The highest BCUT2D eigenvalue weighted by Crippen LogP contribution is 2.07. The third kappa shape index (κ3) is 2.81. The van der Waals surface area contributed by atoms with Crippen LogP contribution in [0.15, 0.2) is 60.9 Å². The van der Waals surface area contributed by atoms with Gasteiger partial charge in [0.2, 0.25) is 12.4 Å². The lowest BCUT2D eigenvalue weighted by molar-refractivity contribution is -0.870. The number of aromatic nitrogens is 1. The number of benzene rings is 1. The van der Waals surface area contributed by atoms with Gasteiger partial charge in [-0.2, -0.15) is 4.79 Å². The molecule has 0 aliphatic heterocycles. The van der Waals surface area contributed by atoms with Gasteiger partial charge in [0.25, 0.3) is 0 Å². The molecule has 0 atom stereocenters. The van der Waals surface area contributed by atoms with Crippen molar-refractivity contribution in [2.75, 3.05) is 0 Å². The number of pyridine rings is 1. The fourth-order valence-corrected chi connectivity index (χ4v) is 1.13. The molecule has 2 rings (SSSR count). The second-order valence-corrected chi connectivity index (χ2v) is 2.99. The van der Waals surface area contributed by atoms with Crippen LogP contribution in [0.3, 0.4) is 0 Å². The van der Waals surface area contributed by atoms with Crippen LogP contribution in [-0.2, 0) is 0 Å². The Labute approximate surface area is 92.6 Å². The first-order chi connectivity index (χ1) is 7.84. The Morgan fingerprint density at radius 3 is 2.25 bits per heavy atom. The highest BCUT2D eigenvalue weighted by atomic mass is 16.8. The molecule has 80 valence electrons. The topological polar surface area (TPSA) is 39.4 Å². The Morgan fingerprint density at radius 2 is 1.56 bits per heavy atom. The first kappa shape index (κ1) is 10.2. The summed E-state index contributed by atoms with van der Waals surface area (Å²) in [6.07, 6.45) is 2.43. The standard InChI is InChI=1S/C12H10NO3/c14-12(15-11-7-3-1-4-8-11)16-13-9-5-2-6-10-13/h1-10H/q+1. The number of carbonyl (C=O) groups excluding carboxylic acids is 1. The molecule has 0 spiro atoms. The Hall–Kier alpha value is -2.36. The Morgan fingerprint density at radius 1 is 0.938 bits per heavy atom. The number of para-hydroxylation sites is 1. The van der Waals surface area contributed by atoms with Gasteiger partial charge >= 0.3 is 6.16 Å². The molecule has 0 amide bonds. The van der Waals surface area contributed by atoms with Crippen LogP contribution >= 0.6 is 0 Å². The maximum atomic E-state index is 11.3. The van der Waals surface area contributed by atoms with E-state index in [1.54, 1.807) is 48.8 Å². The second kappa shape index (κ2) is 4.93. The van der Waals surface area contributed by atoms with Crippen LogP contribution in [0.1, 0.15) is 0 Å². The van der Waals surface area contributed by atoms with Gasteiger partial charge in [-0.1, -0.05) is 24.3 Å². The summed E-state index contributed by atoms with van der Waals surface area (Å²) >= 11 is 0. The predicted octanol–water partition coefficient (Wildman–Crippen LogP) is 1.60. The van der Waals surface area contributed by atoms with Gasteiger partial charge in [-0.25, -0.2) is 0 Å². The maximum absolute atomic E-state index is 11.3. The van der Waals surface area contributed by atoms with Crippen molar-refractivity contribution in [3.8, 4) is 5.75 Å². The van der Waals surface area contributed by atoms with E-state index in [0.717, 1.165) is 0 Å². The summed E-state index contributed by atoms with van der Waals surface area (Å²) in [5.41, 5.74) is 0. The van der Waals surface area contributed by atoms with E-state index in [2.05, 4.69) is 0 Å². The van der Waals surface area contributed by atoms with Crippen LogP contribution in [0.2, 0.25) is 0 Å². The van der Waals surface area contributed by atoms with E-state index >= 15 is 0 Å².